The second kappa shape index (κ2) is 12.3. The Morgan fingerprint density at radius 2 is 2.03 bits per heavy atom. The van der Waals surface area contributed by atoms with Gasteiger partial charge < -0.3 is 4.74 Å². The summed E-state index contributed by atoms with van der Waals surface area (Å²) in [4.78, 5) is 4.36. The van der Waals surface area contributed by atoms with Gasteiger partial charge in [-0.05, 0) is 74.1 Å². The molecule has 2 unspecified atom stereocenters. The second-order valence-corrected chi connectivity index (χ2v) is 11.8. The molecule has 6 heteroatoms. The van der Waals surface area contributed by atoms with Gasteiger partial charge in [0.1, 0.15) is 17.0 Å². The van der Waals surface area contributed by atoms with Crippen LogP contribution in [-0.2, 0) is 14.6 Å². The maximum atomic E-state index is 11.4. The lowest BCUT2D eigenvalue weighted by Gasteiger charge is -2.35. The van der Waals surface area contributed by atoms with E-state index < -0.39 is 9.83 Å². The number of pyridine rings is 1. The molecule has 2 aliphatic rings. The third kappa shape index (κ3) is 6.86. The molecule has 168 valence electrons. The zero-order chi connectivity index (χ0) is 22.3. The average molecular weight is 470 g/mol. The van der Waals surface area contributed by atoms with Crippen molar-refractivity contribution in [1.29, 1.82) is 0 Å². The molecule has 0 aliphatic heterocycles. The van der Waals surface area contributed by atoms with Crippen molar-refractivity contribution in [2.45, 2.75) is 78.1 Å². The predicted octanol–water partition coefficient (Wildman–Crippen LogP) is 7.54. The Morgan fingerprint density at radius 1 is 1.37 bits per heavy atom. The molecular formula is C24H36ClNO2S2. The summed E-state index contributed by atoms with van der Waals surface area (Å²) in [6.45, 7) is 10.5. The van der Waals surface area contributed by atoms with Gasteiger partial charge in [0.15, 0.2) is 0 Å². The van der Waals surface area contributed by atoms with E-state index in [0.717, 1.165) is 42.1 Å². The molecule has 2 fully saturated rings. The molecule has 0 amide bonds. The van der Waals surface area contributed by atoms with E-state index in [1.54, 1.807) is 17.0 Å². The summed E-state index contributed by atoms with van der Waals surface area (Å²) in [5, 5.41) is 0.949. The SMILES string of the molecule is C/C=C(\c1cc(Cl)ncc1/C(=C/CC)OC1CC(SS(C)=O)C1)C(C)C1CC1.CC. The minimum atomic E-state index is -0.815. The number of allylic oxidation sites excluding steroid dienone is 3. The first-order valence-electron chi connectivity index (χ1n) is 11.1. The Bertz CT molecular complexity index is 783. The molecule has 1 aromatic heterocycles. The molecule has 0 radical (unpaired) electrons. The van der Waals surface area contributed by atoms with Crippen LogP contribution >= 0.6 is 22.4 Å². The van der Waals surface area contributed by atoms with Gasteiger partial charge in [-0.3, -0.25) is 0 Å². The van der Waals surface area contributed by atoms with Crippen LogP contribution in [0.3, 0.4) is 0 Å². The number of hydrogen-bond acceptors (Lipinski definition) is 4. The monoisotopic (exact) mass is 469 g/mol. The number of halogens is 1. The fraction of sp³-hybridized carbons (Fsp3) is 0.625. The molecule has 0 N–H and O–H groups in total. The van der Waals surface area contributed by atoms with Crippen molar-refractivity contribution in [3.63, 3.8) is 0 Å². The van der Waals surface area contributed by atoms with E-state index in [-0.39, 0.29) is 6.10 Å². The molecule has 2 aliphatic carbocycles. The van der Waals surface area contributed by atoms with E-state index in [9.17, 15) is 4.21 Å². The molecule has 0 bridgehead atoms. The van der Waals surface area contributed by atoms with Crippen molar-refractivity contribution >= 4 is 43.6 Å². The van der Waals surface area contributed by atoms with Crippen LogP contribution in [-0.4, -0.2) is 26.8 Å². The summed E-state index contributed by atoms with van der Waals surface area (Å²) in [6, 6.07) is 1.98. The van der Waals surface area contributed by atoms with E-state index in [4.69, 9.17) is 16.3 Å². The molecule has 30 heavy (non-hydrogen) atoms. The van der Waals surface area contributed by atoms with Crippen LogP contribution in [0.25, 0.3) is 11.3 Å². The van der Waals surface area contributed by atoms with Crippen molar-refractivity contribution in [1.82, 2.24) is 4.98 Å². The molecule has 3 rings (SSSR count). The zero-order valence-electron chi connectivity index (χ0n) is 19.1. The standard InChI is InChI=1S/C22H30ClNO2S2.C2H6/c1-5-7-21(26-16-10-17(11-16)27-28(4)25)20-13-24-22(23)12-19(20)18(6-2)14(3)15-8-9-15;1-2/h6-7,12-17H,5,8-11H2,1-4H3;1-2H3/b18-6-,21-7-;. The van der Waals surface area contributed by atoms with Crippen LogP contribution in [0.5, 0.6) is 0 Å². The lowest BCUT2D eigenvalue weighted by atomic mass is 9.87. The maximum Gasteiger partial charge on any atom is 0.129 e. The molecule has 0 spiro atoms. The van der Waals surface area contributed by atoms with Gasteiger partial charge in [-0.1, -0.05) is 56.2 Å². The molecule has 0 saturated heterocycles. The summed E-state index contributed by atoms with van der Waals surface area (Å²) in [5.41, 5.74) is 3.50. The van der Waals surface area contributed by atoms with Crippen LogP contribution in [0, 0.1) is 11.8 Å². The fourth-order valence-electron chi connectivity index (χ4n) is 3.85. The van der Waals surface area contributed by atoms with Gasteiger partial charge in [0.25, 0.3) is 0 Å². The summed E-state index contributed by atoms with van der Waals surface area (Å²) in [6.07, 6.45) is 13.5. The van der Waals surface area contributed by atoms with Crippen molar-refractivity contribution < 1.29 is 8.95 Å². The lowest BCUT2D eigenvalue weighted by Crippen LogP contribution is -2.33. The van der Waals surface area contributed by atoms with Crippen LogP contribution < -0.4 is 0 Å². The Labute approximate surface area is 194 Å². The average Bonchev–Trinajstić information content (AvgIpc) is 3.53. The van der Waals surface area contributed by atoms with Crippen LogP contribution in [0.2, 0.25) is 5.15 Å². The fourth-order valence-corrected chi connectivity index (χ4v) is 6.60. The molecule has 0 aromatic carbocycles. The van der Waals surface area contributed by atoms with Gasteiger partial charge >= 0.3 is 0 Å². The highest BCUT2D eigenvalue weighted by molar-refractivity contribution is 8.69. The van der Waals surface area contributed by atoms with Gasteiger partial charge in [0, 0.05) is 23.3 Å². The summed E-state index contributed by atoms with van der Waals surface area (Å²) in [5.74, 6) is 2.18. The molecular weight excluding hydrogens is 434 g/mol. The Morgan fingerprint density at radius 3 is 2.57 bits per heavy atom. The quantitative estimate of drug-likeness (QED) is 0.213. The lowest BCUT2D eigenvalue weighted by molar-refractivity contribution is 0.0968. The highest BCUT2D eigenvalue weighted by Gasteiger charge is 2.34. The second-order valence-electron chi connectivity index (χ2n) is 7.73. The minimum Gasteiger partial charge on any atom is -0.490 e. The number of hydrogen-bond donors (Lipinski definition) is 0. The molecule has 2 saturated carbocycles. The van der Waals surface area contributed by atoms with E-state index >= 15 is 0 Å². The van der Waals surface area contributed by atoms with Gasteiger partial charge in [-0.25, -0.2) is 9.19 Å². The molecule has 1 aromatic rings. The van der Waals surface area contributed by atoms with Crippen molar-refractivity contribution in [3.05, 3.63) is 40.7 Å². The largest absolute Gasteiger partial charge is 0.490 e. The third-order valence-corrected chi connectivity index (χ3v) is 8.35. The summed E-state index contributed by atoms with van der Waals surface area (Å²) >= 11 is 6.28. The first-order chi connectivity index (χ1) is 14.4. The number of rotatable bonds is 9. The van der Waals surface area contributed by atoms with Crippen LogP contribution in [0.4, 0.5) is 0 Å². The topological polar surface area (TPSA) is 39.2 Å². The Hall–Kier alpha value is -0.780. The van der Waals surface area contributed by atoms with E-state index in [1.807, 2.05) is 26.1 Å². The zero-order valence-corrected chi connectivity index (χ0v) is 21.5. The van der Waals surface area contributed by atoms with Gasteiger partial charge in [-0.2, -0.15) is 0 Å². The molecule has 1 heterocycles. The Balaban J connectivity index is 0.00000155. The van der Waals surface area contributed by atoms with Gasteiger partial charge in [0.2, 0.25) is 0 Å². The third-order valence-electron chi connectivity index (χ3n) is 5.58. The summed E-state index contributed by atoms with van der Waals surface area (Å²) < 4.78 is 17.8. The number of aromatic nitrogens is 1. The van der Waals surface area contributed by atoms with Crippen LogP contribution in [0.1, 0.15) is 77.8 Å². The number of nitrogens with zero attached hydrogens (tertiary/aromatic N) is 1. The highest BCUT2D eigenvalue weighted by atomic mass is 35.5. The van der Waals surface area contributed by atoms with Crippen molar-refractivity contribution in [2.75, 3.05) is 6.26 Å². The minimum absolute atomic E-state index is 0.178. The van der Waals surface area contributed by atoms with Gasteiger partial charge in [0.05, 0.1) is 9.83 Å². The van der Waals surface area contributed by atoms with Gasteiger partial charge in [-0.15, -0.1) is 0 Å². The van der Waals surface area contributed by atoms with E-state index in [2.05, 4.69) is 37.9 Å². The van der Waals surface area contributed by atoms with Crippen molar-refractivity contribution in [2.24, 2.45) is 11.8 Å². The highest BCUT2D eigenvalue weighted by Crippen LogP contribution is 2.45. The first kappa shape index (κ1) is 25.5. The number of ether oxygens (including phenoxy) is 1. The smallest absolute Gasteiger partial charge is 0.129 e. The maximum absolute atomic E-state index is 11.4. The Kier molecular flexibility index (Phi) is 10.5. The molecule has 3 nitrogen and oxygen atoms in total. The first-order valence-corrected chi connectivity index (χ1v) is 14.5. The van der Waals surface area contributed by atoms with Crippen molar-refractivity contribution in [3.8, 4) is 0 Å². The normalized spacial score (nSPS) is 23.7. The van der Waals surface area contributed by atoms with E-state index in [1.165, 1.54) is 18.4 Å². The van der Waals surface area contributed by atoms with E-state index in [0.29, 0.717) is 16.3 Å². The summed E-state index contributed by atoms with van der Waals surface area (Å²) in [7, 11) is 0.728. The predicted molar refractivity (Wildman–Crippen MR) is 134 cm³/mol. The molecule has 2 atom stereocenters. The van der Waals surface area contributed by atoms with Crippen LogP contribution in [0.15, 0.2) is 24.4 Å².